The van der Waals surface area contributed by atoms with Crippen molar-refractivity contribution in [2.24, 2.45) is 4.99 Å². The van der Waals surface area contributed by atoms with Gasteiger partial charge in [-0.05, 0) is 60.7 Å². The monoisotopic (exact) mass is 342 g/mol. The molecule has 0 fully saturated rings. The van der Waals surface area contributed by atoms with Crippen LogP contribution in [0, 0.1) is 0 Å². The molecule has 1 aliphatic rings. The molecule has 3 rings (SSSR count). The largest absolute Gasteiger partial charge is 0.497 e. The predicted octanol–water partition coefficient (Wildman–Crippen LogP) is 3.40. The SMILES string of the molecule is COc1ccc(C2=NC(=S)N(C)C(c3ccc(OC)cc3)O2)cc1. The van der Waals surface area contributed by atoms with Gasteiger partial charge in [0.25, 0.3) is 0 Å². The first-order chi connectivity index (χ1) is 11.6. The van der Waals surface area contributed by atoms with Gasteiger partial charge in [0.05, 0.1) is 14.2 Å². The molecule has 0 aliphatic carbocycles. The Labute approximate surface area is 146 Å². The van der Waals surface area contributed by atoms with Crippen molar-refractivity contribution in [1.29, 1.82) is 0 Å². The lowest BCUT2D eigenvalue weighted by Gasteiger charge is -2.33. The van der Waals surface area contributed by atoms with E-state index in [4.69, 9.17) is 26.4 Å². The number of hydrogen-bond acceptors (Lipinski definition) is 4. The van der Waals surface area contributed by atoms with E-state index in [2.05, 4.69) is 4.99 Å². The Kier molecular flexibility index (Phi) is 4.66. The van der Waals surface area contributed by atoms with Crippen LogP contribution in [-0.2, 0) is 4.74 Å². The normalized spacial score (nSPS) is 17.1. The zero-order chi connectivity index (χ0) is 17.1. The van der Waals surface area contributed by atoms with Crippen molar-refractivity contribution in [3.8, 4) is 11.5 Å². The topological polar surface area (TPSA) is 43.3 Å². The van der Waals surface area contributed by atoms with E-state index in [1.807, 2.05) is 60.5 Å². The highest BCUT2D eigenvalue weighted by molar-refractivity contribution is 7.80. The van der Waals surface area contributed by atoms with Gasteiger partial charge in [0.1, 0.15) is 11.5 Å². The lowest BCUT2D eigenvalue weighted by molar-refractivity contribution is 0.0757. The first-order valence-corrected chi connectivity index (χ1v) is 7.83. The Balaban J connectivity index is 1.89. The number of ether oxygens (including phenoxy) is 3. The van der Waals surface area contributed by atoms with Gasteiger partial charge >= 0.3 is 0 Å². The molecular formula is C18H18N2O3S. The molecule has 124 valence electrons. The van der Waals surface area contributed by atoms with Gasteiger partial charge in [-0.3, -0.25) is 0 Å². The standard InChI is InChI=1S/C18H18N2O3S/c1-20-17(13-6-10-15(22-3)11-7-13)23-16(19-18(20)24)12-4-8-14(21-2)9-5-12/h4-11,17H,1-3H3. The van der Waals surface area contributed by atoms with E-state index in [1.54, 1.807) is 14.2 Å². The van der Waals surface area contributed by atoms with Crippen LogP contribution in [0.5, 0.6) is 11.5 Å². The van der Waals surface area contributed by atoms with Crippen molar-refractivity contribution in [3.63, 3.8) is 0 Å². The van der Waals surface area contributed by atoms with E-state index in [9.17, 15) is 0 Å². The zero-order valence-corrected chi connectivity index (χ0v) is 14.5. The summed E-state index contributed by atoms with van der Waals surface area (Å²) in [6.45, 7) is 0. The van der Waals surface area contributed by atoms with Crippen LogP contribution < -0.4 is 9.47 Å². The molecule has 0 saturated heterocycles. The maximum atomic E-state index is 6.10. The van der Waals surface area contributed by atoms with E-state index in [0.29, 0.717) is 11.0 Å². The molecule has 0 spiro atoms. The molecule has 0 bridgehead atoms. The molecule has 0 N–H and O–H groups in total. The molecule has 1 unspecified atom stereocenters. The summed E-state index contributed by atoms with van der Waals surface area (Å²) in [6, 6.07) is 15.2. The second-order valence-corrected chi connectivity index (χ2v) is 5.65. The molecule has 0 saturated carbocycles. The highest BCUT2D eigenvalue weighted by atomic mass is 32.1. The maximum absolute atomic E-state index is 6.10. The van der Waals surface area contributed by atoms with E-state index in [-0.39, 0.29) is 6.23 Å². The summed E-state index contributed by atoms with van der Waals surface area (Å²) in [4.78, 5) is 6.21. The Morgan fingerprint density at radius 1 is 0.958 bits per heavy atom. The minimum atomic E-state index is -0.335. The van der Waals surface area contributed by atoms with E-state index >= 15 is 0 Å². The molecule has 1 heterocycles. The van der Waals surface area contributed by atoms with Crippen LogP contribution in [0.3, 0.4) is 0 Å². The fourth-order valence-corrected chi connectivity index (χ4v) is 2.58. The summed E-state index contributed by atoms with van der Waals surface area (Å²) in [5.74, 6) is 2.08. The second-order valence-electron chi connectivity index (χ2n) is 5.28. The number of nitrogens with zero attached hydrogens (tertiary/aromatic N) is 2. The first-order valence-electron chi connectivity index (χ1n) is 7.43. The fraction of sp³-hybridized carbons (Fsp3) is 0.222. The summed E-state index contributed by atoms with van der Waals surface area (Å²) in [5, 5.41) is 0.480. The molecule has 1 aliphatic heterocycles. The quantitative estimate of drug-likeness (QED) is 0.797. The summed E-state index contributed by atoms with van der Waals surface area (Å²) in [6.07, 6.45) is -0.335. The molecular weight excluding hydrogens is 324 g/mol. The van der Waals surface area contributed by atoms with Gasteiger partial charge in [-0.15, -0.1) is 0 Å². The van der Waals surface area contributed by atoms with Gasteiger partial charge in [0.2, 0.25) is 17.2 Å². The highest BCUT2D eigenvalue weighted by Gasteiger charge is 2.28. The third-order valence-electron chi connectivity index (χ3n) is 3.81. The van der Waals surface area contributed by atoms with Gasteiger partial charge in [-0.2, -0.15) is 4.99 Å². The van der Waals surface area contributed by atoms with E-state index in [1.165, 1.54) is 0 Å². The van der Waals surface area contributed by atoms with Crippen LogP contribution in [0.2, 0.25) is 0 Å². The van der Waals surface area contributed by atoms with Crippen molar-refractivity contribution in [3.05, 3.63) is 59.7 Å². The van der Waals surface area contributed by atoms with E-state index in [0.717, 1.165) is 22.6 Å². The molecule has 6 heteroatoms. The van der Waals surface area contributed by atoms with E-state index < -0.39 is 0 Å². The lowest BCUT2D eigenvalue weighted by Crippen LogP contribution is -2.37. The number of rotatable bonds is 4. The molecule has 2 aromatic rings. The fourth-order valence-electron chi connectivity index (χ4n) is 2.40. The Bertz CT molecular complexity index is 757. The number of aliphatic imine (C=N–C) groups is 1. The Hall–Kier alpha value is -2.60. The zero-order valence-electron chi connectivity index (χ0n) is 13.7. The van der Waals surface area contributed by atoms with Crippen molar-refractivity contribution in [2.75, 3.05) is 21.3 Å². The molecule has 5 nitrogen and oxygen atoms in total. The predicted molar refractivity (Wildman–Crippen MR) is 96.7 cm³/mol. The Morgan fingerprint density at radius 2 is 1.50 bits per heavy atom. The van der Waals surface area contributed by atoms with Crippen LogP contribution in [0.25, 0.3) is 0 Å². The molecule has 24 heavy (non-hydrogen) atoms. The Morgan fingerprint density at radius 3 is 2.04 bits per heavy atom. The highest BCUT2D eigenvalue weighted by Crippen LogP contribution is 2.29. The molecule has 0 amide bonds. The van der Waals surface area contributed by atoms with Gasteiger partial charge in [0.15, 0.2) is 0 Å². The second kappa shape index (κ2) is 6.88. The first kappa shape index (κ1) is 16.3. The van der Waals surface area contributed by atoms with Crippen LogP contribution in [-0.4, -0.2) is 37.2 Å². The maximum Gasteiger partial charge on any atom is 0.225 e. The molecule has 1 atom stereocenters. The molecule has 0 aromatic heterocycles. The van der Waals surface area contributed by atoms with Crippen LogP contribution >= 0.6 is 12.2 Å². The number of benzene rings is 2. The lowest BCUT2D eigenvalue weighted by atomic mass is 10.1. The van der Waals surface area contributed by atoms with Crippen LogP contribution in [0.15, 0.2) is 53.5 Å². The molecule has 2 aromatic carbocycles. The average Bonchev–Trinajstić information content (AvgIpc) is 2.64. The van der Waals surface area contributed by atoms with Crippen molar-refractivity contribution in [1.82, 2.24) is 4.90 Å². The number of methoxy groups -OCH3 is 2. The van der Waals surface area contributed by atoms with Crippen molar-refractivity contribution >= 4 is 23.2 Å². The summed E-state index contributed by atoms with van der Waals surface area (Å²) in [7, 11) is 5.14. The van der Waals surface area contributed by atoms with Gasteiger partial charge in [-0.25, -0.2) is 0 Å². The van der Waals surface area contributed by atoms with Gasteiger partial charge in [0, 0.05) is 18.2 Å². The third-order valence-corrected chi connectivity index (χ3v) is 4.19. The number of hydrogen-bond donors (Lipinski definition) is 0. The third kappa shape index (κ3) is 3.19. The molecule has 0 radical (unpaired) electrons. The minimum absolute atomic E-state index is 0.335. The average molecular weight is 342 g/mol. The van der Waals surface area contributed by atoms with Gasteiger partial charge < -0.3 is 19.1 Å². The summed E-state index contributed by atoms with van der Waals surface area (Å²) >= 11 is 5.39. The van der Waals surface area contributed by atoms with Crippen molar-refractivity contribution in [2.45, 2.75) is 6.23 Å². The van der Waals surface area contributed by atoms with Crippen LogP contribution in [0.1, 0.15) is 17.4 Å². The number of thiocarbonyl (C=S) groups is 1. The smallest absolute Gasteiger partial charge is 0.225 e. The summed E-state index contributed by atoms with van der Waals surface area (Å²) < 4.78 is 16.5. The van der Waals surface area contributed by atoms with Crippen molar-refractivity contribution < 1.29 is 14.2 Å². The van der Waals surface area contributed by atoms with Crippen LogP contribution in [0.4, 0.5) is 0 Å². The summed E-state index contributed by atoms with van der Waals surface area (Å²) in [5.41, 5.74) is 1.83. The minimum Gasteiger partial charge on any atom is -0.497 e. The van der Waals surface area contributed by atoms with Gasteiger partial charge in [-0.1, -0.05) is 0 Å².